The predicted octanol–water partition coefficient (Wildman–Crippen LogP) is 0.984. The molecule has 0 aromatic rings. The summed E-state index contributed by atoms with van der Waals surface area (Å²) < 4.78 is 0. The van der Waals surface area contributed by atoms with E-state index in [-0.39, 0.29) is 11.8 Å². The van der Waals surface area contributed by atoms with Gasteiger partial charge in [-0.2, -0.15) is 0 Å². The van der Waals surface area contributed by atoms with E-state index in [0.717, 1.165) is 6.29 Å². The van der Waals surface area contributed by atoms with Crippen LogP contribution in [0.15, 0.2) is 0 Å². The standard InChI is InChI=1S/C9H17NO2/c1-7(2)8(5-4-6-11)9(12)10-3/h6-8H,4-5H2,1-3H3,(H,10,12). The van der Waals surface area contributed by atoms with E-state index in [2.05, 4.69) is 5.32 Å². The molecule has 0 saturated carbocycles. The van der Waals surface area contributed by atoms with Crippen LogP contribution in [0.2, 0.25) is 0 Å². The highest BCUT2D eigenvalue weighted by molar-refractivity contribution is 5.78. The number of rotatable bonds is 5. The van der Waals surface area contributed by atoms with Crippen LogP contribution in [0.4, 0.5) is 0 Å². The highest BCUT2D eigenvalue weighted by Gasteiger charge is 2.19. The maximum Gasteiger partial charge on any atom is 0.223 e. The molecular formula is C9H17NO2. The first kappa shape index (κ1) is 11.1. The maximum absolute atomic E-state index is 11.2. The van der Waals surface area contributed by atoms with Crippen LogP contribution in [0.1, 0.15) is 26.7 Å². The van der Waals surface area contributed by atoms with Gasteiger partial charge in [-0.15, -0.1) is 0 Å². The molecule has 0 bridgehead atoms. The van der Waals surface area contributed by atoms with Gasteiger partial charge >= 0.3 is 0 Å². The predicted molar refractivity (Wildman–Crippen MR) is 47.7 cm³/mol. The Morgan fingerprint density at radius 1 is 1.50 bits per heavy atom. The van der Waals surface area contributed by atoms with E-state index in [1.165, 1.54) is 0 Å². The molecule has 1 N–H and O–H groups in total. The number of aldehydes is 1. The molecule has 0 spiro atoms. The van der Waals surface area contributed by atoms with Gasteiger partial charge in [0.1, 0.15) is 6.29 Å². The third-order valence-corrected chi connectivity index (χ3v) is 1.98. The number of hydrogen-bond acceptors (Lipinski definition) is 2. The highest BCUT2D eigenvalue weighted by Crippen LogP contribution is 2.16. The summed E-state index contributed by atoms with van der Waals surface area (Å²) in [6.45, 7) is 3.98. The summed E-state index contributed by atoms with van der Waals surface area (Å²) in [5.74, 6) is 0.303. The SMILES string of the molecule is CNC(=O)C(CCC=O)C(C)C. The fourth-order valence-corrected chi connectivity index (χ4v) is 1.20. The van der Waals surface area contributed by atoms with Crippen molar-refractivity contribution < 1.29 is 9.59 Å². The van der Waals surface area contributed by atoms with Crippen LogP contribution >= 0.6 is 0 Å². The van der Waals surface area contributed by atoms with Crippen LogP contribution in [0.3, 0.4) is 0 Å². The molecule has 0 radical (unpaired) electrons. The Labute approximate surface area is 73.5 Å². The Bertz CT molecular complexity index is 155. The Kier molecular flexibility index (Phi) is 5.34. The molecule has 3 heteroatoms. The fraction of sp³-hybridized carbons (Fsp3) is 0.778. The number of carbonyl (C=O) groups excluding carboxylic acids is 2. The second kappa shape index (κ2) is 5.75. The van der Waals surface area contributed by atoms with Gasteiger partial charge in [0.2, 0.25) is 5.91 Å². The Morgan fingerprint density at radius 3 is 2.42 bits per heavy atom. The van der Waals surface area contributed by atoms with Crippen molar-refractivity contribution in [3.8, 4) is 0 Å². The Balaban J connectivity index is 4.03. The maximum atomic E-state index is 11.2. The van der Waals surface area contributed by atoms with Gasteiger partial charge in [0.05, 0.1) is 0 Å². The molecule has 70 valence electrons. The summed E-state index contributed by atoms with van der Waals surface area (Å²) in [7, 11) is 1.62. The normalized spacial score (nSPS) is 12.7. The smallest absolute Gasteiger partial charge is 0.223 e. The van der Waals surface area contributed by atoms with Gasteiger partial charge in [-0.3, -0.25) is 4.79 Å². The molecule has 0 aromatic carbocycles. The lowest BCUT2D eigenvalue weighted by Crippen LogP contribution is -2.30. The second-order valence-corrected chi connectivity index (χ2v) is 3.21. The molecule has 0 saturated heterocycles. The molecule has 0 aliphatic rings. The van der Waals surface area contributed by atoms with Gasteiger partial charge < -0.3 is 10.1 Å². The van der Waals surface area contributed by atoms with Crippen LogP contribution in [-0.2, 0) is 9.59 Å². The molecule has 0 fully saturated rings. The van der Waals surface area contributed by atoms with E-state index >= 15 is 0 Å². The summed E-state index contributed by atoms with van der Waals surface area (Å²) >= 11 is 0. The minimum absolute atomic E-state index is 0.0276. The molecule has 0 aliphatic carbocycles. The molecule has 1 atom stereocenters. The van der Waals surface area contributed by atoms with Gasteiger partial charge in [0.15, 0.2) is 0 Å². The van der Waals surface area contributed by atoms with Crippen LogP contribution in [0.25, 0.3) is 0 Å². The Hall–Kier alpha value is -0.860. The lowest BCUT2D eigenvalue weighted by Gasteiger charge is -2.17. The van der Waals surface area contributed by atoms with E-state index in [9.17, 15) is 9.59 Å². The molecule has 0 rings (SSSR count). The summed E-state index contributed by atoms with van der Waals surface area (Å²) in [5, 5.41) is 2.60. The molecule has 0 aromatic heterocycles. The van der Waals surface area contributed by atoms with Crippen molar-refractivity contribution in [2.75, 3.05) is 7.05 Å². The molecule has 1 amide bonds. The van der Waals surface area contributed by atoms with Crippen molar-refractivity contribution in [2.45, 2.75) is 26.7 Å². The molecule has 0 aliphatic heterocycles. The van der Waals surface area contributed by atoms with Crippen LogP contribution in [-0.4, -0.2) is 19.2 Å². The number of amides is 1. The minimum Gasteiger partial charge on any atom is -0.359 e. The van der Waals surface area contributed by atoms with Gasteiger partial charge in [-0.05, 0) is 12.3 Å². The lowest BCUT2D eigenvalue weighted by molar-refractivity contribution is -0.126. The zero-order chi connectivity index (χ0) is 9.56. The highest BCUT2D eigenvalue weighted by atomic mass is 16.1. The van der Waals surface area contributed by atoms with Crippen LogP contribution in [0.5, 0.6) is 0 Å². The number of nitrogens with one attached hydrogen (secondary N) is 1. The van der Waals surface area contributed by atoms with Crippen molar-refractivity contribution in [3.63, 3.8) is 0 Å². The van der Waals surface area contributed by atoms with Crippen molar-refractivity contribution in [3.05, 3.63) is 0 Å². The third-order valence-electron chi connectivity index (χ3n) is 1.98. The molecule has 3 nitrogen and oxygen atoms in total. The van der Waals surface area contributed by atoms with Crippen molar-refractivity contribution in [2.24, 2.45) is 11.8 Å². The third kappa shape index (κ3) is 3.51. The number of hydrogen-bond donors (Lipinski definition) is 1. The topological polar surface area (TPSA) is 46.2 Å². The van der Waals surface area contributed by atoms with Crippen molar-refractivity contribution in [1.29, 1.82) is 0 Å². The summed E-state index contributed by atoms with van der Waals surface area (Å²) in [5.41, 5.74) is 0. The van der Waals surface area contributed by atoms with Crippen LogP contribution < -0.4 is 5.32 Å². The summed E-state index contributed by atoms with van der Waals surface area (Å²) in [6, 6.07) is 0. The van der Waals surface area contributed by atoms with Crippen molar-refractivity contribution >= 4 is 12.2 Å². The second-order valence-electron chi connectivity index (χ2n) is 3.21. The summed E-state index contributed by atoms with van der Waals surface area (Å²) in [6.07, 6.45) is 1.98. The first-order valence-corrected chi connectivity index (χ1v) is 4.28. The average molecular weight is 171 g/mol. The zero-order valence-corrected chi connectivity index (χ0v) is 7.96. The quantitative estimate of drug-likeness (QED) is 0.627. The van der Waals surface area contributed by atoms with E-state index in [1.807, 2.05) is 13.8 Å². The van der Waals surface area contributed by atoms with Crippen molar-refractivity contribution in [1.82, 2.24) is 5.32 Å². The van der Waals surface area contributed by atoms with Gasteiger partial charge in [0.25, 0.3) is 0 Å². The fourth-order valence-electron chi connectivity index (χ4n) is 1.20. The first-order chi connectivity index (χ1) is 5.63. The van der Waals surface area contributed by atoms with Gasteiger partial charge in [-0.25, -0.2) is 0 Å². The van der Waals surface area contributed by atoms with Gasteiger partial charge in [0, 0.05) is 19.4 Å². The first-order valence-electron chi connectivity index (χ1n) is 4.28. The summed E-state index contributed by atoms with van der Waals surface area (Å²) in [4.78, 5) is 21.3. The lowest BCUT2D eigenvalue weighted by atomic mass is 9.90. The van der Waals surface area contributed by atoms with Gasteiger partial charge in [-0.1, -0.05) is 13.8 Å². The largest absolute Gasteiger partial charge is 0.359 e. The Morgan fingerprint density at radius 2 is 2.08 bits per heavy atom. The van der Waals surface area contributed by atoms with E-state index in [4.69, 9.17) is 0 Å². The monoisotopic (exact) mass is 171 g/mol. The van der Waals surface area contributed by atoms with E-state index in [0.29, 0.717) is 18.8 Å². The number of carbonyl (C=O) groups is 2. The molecular weight excluding hydrogens is 154 g/mol. The van der Waals surface area contributed by atoms with E-state index in [1.54, 1.807) is 7.05 Å². The molecule has 0 heterocycles. The van der Waals surface area contributed by atoms with E-state index < -0.39 is 0 Å². The molecule has 1 unspecified atom stereocenters. The molecule has 12 heavy (non-hydrogen) atoms. The average Bonchev–Trinajstić information content (AvgIpc) is 2.04. The van der Waals surface area contributed by atoms with Crippen LogP contribution in [0, 0.1) is 11.8 Å². The zero-order valence-electron chi connectivity index (χ0n) is 7.96. The minimum atomic E-state index is -0.0276.